The molecular formula is C14H17F3N2O3. The van der Waals surface area contributed by atoms with Gasteiger partial charge in [-0.25, -0.2) is 4.98 Å². The molecule has 22 heavy (non-hydrogen) atoms. The smallest absolute Gasteiger partial charge is 0.422 e. The van der Waals surface area contributed by atoms with Crippen molar-refractivity contribution in [3.63, 3.8) is 0 Å². The van der Waals surface area contributed by atoms with Gasteiger partial charge >= 0.3 is 6.18 Å². The predicted molar refractivity (Wildman–Crippen MR) is 71.5 cm³/mol. The highest BCUT2D eigenvalue weighted by Gasteiger charge is 2.29. The summed E-state index contributed by atoms with van der Waals surface area (Å²) in [5, 5.41) is 12.5. The SMILES string of the molecule is O=C(NC1CCCCC1O)c1cccc(OCC(F)(F)F)n1. The molecule has 0 bridgehead atoms. The van der Waals surface area contributed by atoms with E-state index in [0.717, 1.165) is 12.8 Å². The number of hydrogen-bond donors (Lipinski definition) is 2. The highest BCUT2D eigenvalue weighted by Crippen LogP contribution is 2.19. The first kappa shape index (κ1) is 16.5. The fraction of sp³-hybridized carbons (Fsp3) is 0.571. The van der Waals surface area contributed by atoms with E-state index >= 15 is 0 Å². The number of aliphatic hydroxyl groups excluding tert-OH is 1. The Morgan fingerprint density at radius 1 is 1.36 bits per heavy atom. The number of halogens is 3. The first-order valence-corrected chi connectivity index (χ1v) is 7.01. The normalized spacial score (nSPS) is 22.2. The molecule has 0 spiro atoms. The lowest BCUT2D eigenvalue weighted by Gasteiger charge is -2.28. The van der Waals surface area contributed by atoms with Crippen LogP contribution in [0.2, 0.25) is 0 Å². The average Bonchev–Trinajstić information content (AvgIpc) is 2.47. The maximum Gasteiger partial charge on any atom is 0.422 e. The molecule has 1 fully saturated rings. The Morgan fingerprint density at radius 3 is 2.77 bits per heavy atom. The summed E-state index contributed by atoms with van der Waals surface area (Å²) in [5.41, 5.74) is -0.0440. The monoisotopic (exact) mass is 318 g/mol. The van der Waals surface area contributed by atoms with E-state index in [4.69, 9.17) is 0 Å². The summed E-state index contributed by atoms with van der Waals surface area (Å²) in [4.78, 5) is 15.8. The average molecular weight is 318 g/mol. The van der Waals surface area contributed by atoms with Crippen LogP contribution in [0.5, 0.6) is 5.88 Å². The molecule has 2 rings (SSSR count). The lowest BCUT2D eigenvalue weighted by molar-refractivity contribution is -0.154. The Kier molecular flexibility index (Phi) is 5.23. The number of carbonyl (C=O) groups excluding carboxylic acids is 1. The number of ether oxygens (including phenoxy) is 1. The van der Waals surface area contributed by atoms with Crippen LogP contribution in [0, 0.1) is 0 Å². The van der Waals surface area contributed by atoms with E-state index in [1.807, 2.05) is 0 Å². The van der Waals surface area contributed by atoms with Gasteiger partial charge in [0.15, 0.2) is 6.61 Å². The summed E-state index contributed by atoms with van der Waals surface area (Å²) in [5.74, 6) is -0.808. The van der Waals surface area contributed by atoms with Gasteiger partial charge in [0.2, 0.25) is 5.88 Å². The third-order valence-corrected chi connectivity index (χ3v) is 3.39. The van der Waals surface area contributed by atoms with Crippen LogP contribution in [0.4, 0.5) is 13.2 Å². The van der Waals surface area contributed by atoms with Crippen molar-refractivity contribution in [2.75, 3.05) is 6.61 Å². The minimum atomic E-state index is -4.47. The number of rotatable bonds is 4. The van der Waals surface area contributed by atoms with E-state index in [1.54, 1.807) is 0 Å². The predicted octanol–water partition coefficient (Wildman–Crippen LogP) is 2.06. The van der Waals surface area contributed by atoms with Gasteiger partial charge in [-0.1, -0.05) is 18.9 Å². The molecule has 1 aromatic heterocycles. The van der Waals surface area contributed by atoms with E-state index in [9.17, 15) is 23.1 Å². The van der Waals surface area contributed by atoms with Crippen LogP contribution in [0.1, 0.15) is 36.2 Å². The van der Waals surface area contributed by atoms with Crippen molar-refractivity contribution in [3.8, 4) is 5.88 Å². The van der Waals surface area contributed by atoms with Crippen LogP contribution < -0.4 is 10.1 Å². The van der Waals surface area contributed by atoms with Crippen molar-refractivity contribution in [3.05, 3.63) is 23.9 Å². The minimum absolute atomic E-state index is 0.0440. The molecule has 2 atom stereocenters. The molecule has 1 amide bonds. The van der Waals surface area contributed by atoms with Gasteiger partial charge in [0.05, 0.1) is 12.1 Å². The number of alkyl halides is 3. The number of nitrogens with zero attached hydrogens (tertiary/aromatic N) is 1. The van der Waals surface area contributed by atoms with Crippen molar-refractivity contribution in [1.82, 2.24) is 10.3 Å². The summed E-state index contributed by atoms with van der Waals surface area (Å²) in [6.07, 6.45) is -1.98. The first-order chi connectivity index (χ1) is 10.3. The van der Waals surface area contributed by atoms with Gasteiger partial charge in [0.1, 0.15) is 5.69 Å². The largest absolute Gasteiger partial charge is 0.468 e. The quantitative estimate of drug-likeness (QED) is 0.891. The Hall–Kier alpha value is -1.83. The number of aliphatic hydroxyl groups is 1. The van der Waals surface area contributed by atoms with Crippen molar-refractivity contribution < 1.29 is 27.8 Å². The molecule has 122 valence electrons. The zero-order valence-corrected chi connectivity index (χ0v) is 11.8. The second-order valence-electron chi connectivity index (χ2n) is 5.20. The van der Waals surface area contributed by atoms with Crippen molar-refractivity contribution >= 4 is 5.91 Å². The molecule has 1 saturated carbocycles. The minimum Gasteiger partial charge on any atom is -0.468 e. The standard InChI is InChI=1S/C14H17F3N2O3/c15-14(16,17)8-22-12-7-3-5-10(18-12)13(21)19-9-4-1-2-6-11(9)20/h3,5,7,9,11,20H,1-2,4,6,8H2,(H,19,21). The van der Waals surface area contributed by atoms with Crippen LogP contribution in [-0.4, -0.2) is 40.9 Å². The molecule has 1 aliphatic carbocycles. The summed E-state index contributed by atoms with van der Waals surface area (Å²) in [7, 11) is 0. The van der Waals surface area contributed by atoms with E-state index in [1.165, 1.54) is 18.2 Å². The third kappa shape index (κ3) is 4.87. The molecule has 1 aliphatic rings. The molecule has 2 N–H and O–H groups in total. The Bertz CT molecular complexity index is 522. The molecule has 0 aromatic carbocycles. The molecular weight excluding hydrogens is 301 g/mol. The van der Waals surface area contributed by atoms with Gasteiger partial charge < -0.3 is 15.2 Å². The number of pyridine rings is 1. The summed E-state index contributed by atoms with van der Waals surface area (Å²) in [6.45, 7) is -1.47. The highest BCUT2D eigenvalue weighted by atomic mass is 19.4. The summed E-state index contributed by atoms with van der Waals surface area (Å²) >= 11 is 0. The fourth-order valence-electron chi connectivity index (χ4n) is 2.30. The fourth-order valence-corrected chi connectivity index (χ4v) is 2.30. The maximum absolute atomic E-state index is 12.1. The molecule has 0 radical (unpaired) electrons. The lowest BCUT2D eigenvalue weighted by atomic mass is 9.92. The molecule has 1 heterocycles. The number of aromatic nitrogens is 1. The van der Waals surface area contributed by atoms with Gasteiger partial charge in [-0.15, -0.1) is 0 Å². The number of nitrogens with one attached hydrogen (secondary N) is 1. The summed E-state index contributed by atoms with van der Waals surface area (Å²) < 4.78 is 40.8. The van der Waals surface area contributed by atoms with Crippen LogP contribution >= 0.6 is 0 Å². The van der Waals surface area contributed by atoms with E-state index < -0.39 is 24.8 Å². The summed E-state index contributed by atoms with van der Waals surface area (Å²) in [6, 6.07) is 3.66. The van der Waals surface area contributed by atoms with Crippen LogP contribution in [0.25, 0.3) is 0 Å². The zero-order valence-electron chi connectivity index (χ0n) is 11.8. The van der Waals surface area contributed by atoms with Crippen LogP contribution in [0.3, 0.4) is 0 Å². The maximum atomic E-state index is 12.1. The Balaban J connectivity index is 1.97. The topological polar surface area (TPSA) is 71.5 Å². The molecule has 0 saturated heterocycles. The molecule has 8 heteroatoms. The number of amides is 1. The van der Waals surface area contributed by atoms with Crippen LogP contribution in [-0.2, 0) is 0 Å². The van der Waals surface area contributed by atoms with Crippen molar-refractivity contribution in [2.45, 2.75) is 44.0 Å². The van der Waals surface area contributed by atoms with Gasteiger partial charge in [0.25, 0.3) is 5.91 Å². The second-order valence-corrected chi connectivity index (χ2v) is 5.20. The Labute approximate surface area is 125 Å². The second kappa shape index (κ2) is 6.95. The van der Waals surface area contributed by atoms with E-state index in [2.05, 4.69) is 15.0 Å². The number of hydrogen-bond acceptors (Lipinski definition) is 4. The zero-order chi connectivity index (χ0) is 16.2. The molecule has 2 unspecified atom stereocenters. The first-order valence-electron chi connectivity index (χ1n) is 7.01. The Morgan fingerprint density at radius 2 is 2.09 bits per heavy atom. The van der Waals surface area contributed by atoms with Gasteiger partial charge in [-0.05, 0) is 18.9 Å². The third-order valence-electron chi connectivity index (χ3n) is 3.39. The molecule has 5 nitrogen and oxygen atoms in total. The highest BCUT2D eigenvalue weighted by molar-refractivity contribution is 5.92. The number of carbonyl (C=O) groups is 1. The van der Waals surface area contributed by atoms with E-state index in [-0.39, 0.29) is 17.6 Å². The van der Waals surface area contributed by atoms with E-state index in [0.29, 0.717) is 12.8 Å². The molecule has 0 aliphatic heterocycles. The van der Waals surface area contributed by atoms with Gasteiger partial charge in [-0.3, -0.25) is 4.79 Å². The van der Waals surface area contributed by atoms with Crippen molar-refractivity contribution in [2.24, 2.45) is 0 Å². The lowest BCUT2D eigenvalue weighted by Crippen LogP contribution is -2.45. The van der Waals surface area contributed by atoms with Crippen LogP contribution in [0.15, 0.2) is 18.2 Å². The molecule has 1 aromatic rings. The van der Waals surface area contributed by atoms with Gasteiger partial charge in [0, 0.05) is 6.07 Å². The van der Waals surface area contributed by atoms with Gasteiger partial charge in [-0.2, -0.15) is 13.2 Å². The van der Waals surface area contributed by atoms with Crippen molar-refractivity contribution in [1.29, 1.82) is 0 Å².